The molecular formula is C23H18N4O3. The number of rotatable bonds is 4. The molecule has 0 radical (unpaired) electrons. The fraction of sp³-hybridized carbons (Fsp3) is 0.130. The predicted octanol–water partition coefficient (Wildman–Crippen LogP) is 4.58. The van der Waals surface area contributed by atoms with Crippen LogP contribution in [0.3, 0.4) is 0 Å². The number of benzene rings is 2. The van der Waals surface area contributed by atoms with Gasteiger partial charge in [-0.15, -0.1) is 0 Å². The number of aromatic nitrogens is 3. The lowest BCUT2D eigenvalue weighted by atomic mass is 10.0. The first-order valence-corrected chi connectivity index (χ1v) is 9.56. The number of nitrogens with one attached hydrogen (secondary N) is 1. The average Bonchev–Trinajstić information content (AvgIpc) is 3.35. The molecule has 2 aromatic carbocycles. The lowest BCUT2D eigenvalue weighted by Crippen LogP contribution is -2.23. The van der Waals surface area contributed by atoms with Crippen LogP contribution in [0.15, 0.2) is 63.6 Å². The number of pyridine rings is 1. The Bertz CT molecular complexity index is 1380. The minimum absolute atomic E-state index is 0.240. The summed E-state index contributed by atoms with van der Waals surface area (Å²) >= 11 is 0. The Balaban J connectivity index is 1.51. The number of aryl methyl sites for hydroxylation is 2. The SMILES string of the molecule is Cc1ccc(-c2cc(C(=O)NCc3noc4ccccc34)c3c(C)noc3n2)cc1. The van der Waals surface area contributed by atoms with E-state index in [0.717, 1.165) is 16.5 Å². The van der Waals surface area contributed by atoms with Crippen molar-refractivity contribution in [2.75, 3.05) is 0 Å². The molecule has 0 atom stereocenters. The molecular weight excluding hydrogens is 380 g/mol. The number of hydrogen-bond donors (Lipinski definition) is 1. The van der Waals surface area contributed by atoms with Gasteiger partial charge in [-0.3, -0.25) is 4.79 Å². The first kappa shape index (κ1) is 18.1. The Labute approximate surface area is 171 Å². The highest BCUT2D eigenvalue weighted by atomic mass is 16.5. The molecule has 30 heavy (non-hydrogen) atoms. The van der Waals surface area contributed by atoms with E-state index in [9.17, 15) is 4.79 Å². The van der Waals surface area contributed by atoms with Crippen LogP contribution in [0.2, 0.25) is 0 Å². The zero-order chi connectivity index (χ0) is 20.7. The van der Waals surface area contributed by atoms with Crippen LogP contribution < -0.4 is 5.32 Å². The summed E-state index contributed by atoms with van der Waals surface area (Å²) in [6, 6.07) is 17.3. The van der Waals surface area contributed by atoms with E-state index < -0.39 is 0 Å². The van der Waals surface area contributed by atoms with Crippen LogP contribution in [0, 0.1) is 13.8 Å². The van der Waals surface area contributed by atoms with E-state index in [1.54, 1.807) is 13.0 Å². The van der Waals surface area contributed by atoms with Crippen LogP contribution >= 0.6 is 0 Å². The van der Waals surface area contributed by atoms with E-state index in [0.29, 0.717) is 39.3 Å². The molecule has 148 valence electrons. The fourth-order valence-electron chi connectivity index (χ4n) is 3.47. The summed E-state index contributed by atoms with van der Waals surface area (Å²) in [5.41, 5.74) is 5.46. The molecule has 3 heterocycles. The van der Waals surface area contributed by atoms with E-state index in [-0.39, 0.29) is 12.5 Å². The molecule has 7 nitrogen and oxygen atoms in total. The highest BCUT2D eigenvalue weighted by Crippen LogP contribution is 2.27. The number of amides is 1. The van der Waals surface area contributed by atoms with Crippen LogP contribution in [-0.4, -0.2) is 21.2 Å². The van der Waals surface area contributed by atoms with Gasteiger partial charge in [0.2, 0.25) is 0 Å². The Morgan fingerprint density at radius 2 is 1.80 bits per heavy atom. The topological polar surface area (TPSA) is 94.1 Å². The van der Waals surface area contributed by atoms with Crippen molar-refractivity contribution < 1.29 is 13.8 Å². The second-order valence-corrected chi connectivity index (χ2v) is 7.18. The first-order valence-electron chi connectivity index (χ1n) is 9.56. The molecule has 0 bridgehead atoms. The van der Waals surface area contributed by atoms with Gasteiger partial charge in [0, 0.05) is 10.9 Å². The first-order chi connectivity index (χ1) is 14.6. The molecule has 1 amide bonds. The van der Waals surface area contributed by atoms with Gasteiger partial charge in [-0.1, -0.05) is 52.3 Å². The van der Waals surface area contributed by atoms with Crippen LogP contribution in [0.5, 0.6) is 0 Å². The molecule has 3 aromatic heterocycles. The van der Waals surface area contributed by atoms with Crippen molar-refractivity contribution in [3.63, 3.8) is 0 Å². The van der Waals surface area contributed by atoms with Crippen LogP contribution in [0.25, 0.3) is 33.3 Å². The Morgan fingerprint density at radius 3 is 2.63 bits per heavy atom. The monoisotopic (exact) mass is 398 g/mol. The molecule has 5 aromatic rings. The second-order valence-electron chi connectivity index (χ2n) is 7.18. The van der Waals surface area contributed by atoms with Crippen molar-refractivity contribution in [3.05, 3.63) is 77.1 Å². The summed E-state index contributed by atoms with van der Waals surface area (Å²) in [6.07, 6.45) is 0. The zero-order valence-corrected chi connectivity index (χ0v) is 16.5. The number of carbonyl (C=O) groups excluding carboxylic acids is 1. The summed E-state index contributed by atoms with van der Waals surface area (Å²) < 4.78 is 10.7. The molecule has 7 heteroatoms. The Morgan fingerprint density at radius 1 is 1.00 bits per heavy atom. The van der Waals surface area contributed by atoms with E-state index in [1.807, 2.05) is 55.5 Å². The van der Waals surface area contributed by atoms with Gasteiger partial charge < -0.3 is 14.4 Å². The molecule has 0 saturated heterocycles. The maximum atomic E-state index is 13.1. The Kier molecular flexibility index (Phi) is 4.28. The molecule has 0 fully saturated rings. The fourth-order valence-corrected chi connectivity index (χ4v) is 3.47. The number of para-hydroxylation sites is 1. The van der Waals surface area contributed by atoms with Crippen molar-refractivity contribution in [1.29, 1.82) is 0 Å². The maximum absolute atomic E-state index is 13.1. The smallest absolute Gasteiger partial charge is 0.259 e. The standard InChI is InChI=1S/C23H18N4O3/c1-13-7-9-15(10-8-13)18-11-17(21-14(2)26-30-23(21)25-18)22(28)24-12-19-16-5-3-4-6-20(16)29-27-19/h3-11H,12H2,1-2H3,(H,24,28). The Hall–Kier alpha value is -4.00. The van der Waals surface area contributed by atoms with E-state index in [4.69, 9.17) is 9.05 Å². The molecule has 5 rings (SSSR count). The zero-order valence-electron chi connectivity index (χ0n) is 16.5. The van der Waals surface area contributed by atoms with Gasteiger partial charge in [0.15, 0.2) is 5.58 Å². The van der Waals surface area contributed by atoms with Crippen LogP contribution in [0.4, 0.5) is 0 Å². The summed E-state index contributed by atoms with van der Waals surface area (Å²) in [4.78, 5) is 17.7. The highest BCUT2D eigenvalue weighted by molar-refractivity contribution is 6.07. The van der Waals surface area contributed by atoms with Gasteiger partial charge in [-0.05, 0) is 32.0 Å². The number of carbonyl (C=O) groups is 1. The van der Waals surface area contributed by atoms with Crippen molar-refractivity contribution >= 4 is 28.0 Å². The molecule has 0 aliphatic rings. The number of nitrogens with zero attached hydrogens (tertiary/aromatic N) is 3. The lowest BCUT2D eigenvalue weighted by molar-refractivity contribution is 0.0952. The van der Waals surface area contributed by atoms with E-state index >= 15 is 0 Å². The molecule has 0 aliphatic carbocycles. The minimum Gasteiger partial charge on any atom is -0.356 e. The van der Waals surface area contributed by atoms with Gasteiger partial charge in [-0.25, -0.2) is 4.98 Å². The summed E-state index contributed by atoms with van der Waals surface area (Å²) in [5, 5.41) is 12.5. The summed E-state index contributed by atoms with van der Waals surface area (Å²) in [5.74, 6) is -0.255. The van der Waals surface area contributed by atoms with Crippen molar-refractivity contribution in [2.24, 2.45) is 0 Å². The second kappa shape index (κ2) is 7.11. The van der Waals surface area contributed by atoms with E-state index in [1.165, 1.54) is 0 Å². The summed E-state index contributed by atoms with van der Waals surface area (Å²) in [6.45, 7) is 4.05. The predicted molar refractivity (Wildman–Crippen MR) is 112 cm³/mol. The normalized spacial score (nSPS) is 11.3. The quantitative estimate of drug-likeness (QED) is 0.476. The lowest BCUT2D eigenvalue weighted by Gasteiger charge is -2.08. The largest absolute Gasteiger partial charge is 0.356 e. The highest BCUT2D eigenvalue weighted by Gasteiger charge is 2.20. The third-order valence-electron chi connectivity index (χ3n) is 5.08. The van der Waals surface area contributed by atoms with Gasteiger partial charge >= 0.3 is 0 Å². The van der Waals surface area contributed by atoms with Gasteiger partial charge in [0.1, 0.15) is 5.69 Å². The number of fused-ring (bicyclic) bond motifs is 2. The average molecular weight is 398 g/mol. The van der Waals surface area contributed by atoms with Gasteiger partial charge in [-0.2, -0.15) is 0 Å². The molecule has 0 spiro atoms. The third-order valence-corrected chi connectivity index (χ3v) is 5.08. The van der Waals surface area contributed by atoms with Crippen LogP contribution in [-0.2, 0) is 6.54 Å². The van der Waals surface area contributed by atoms with Gasteiger partial charge in [0.05, 0.1) is 28.9 Å². The molecule has 1 N–H and O–H groups in total. The third kappa shape index (κ3) is 3.10. The van der Waals surface area contributed by atoms with Gasteiger partial charge in [0.25, 0.3) is 11.6 Å². The molecule has 0 saturated carbocycles. The van der Waals surface area contributed by atoms with Crippen molar-refractivity contribution in [1.82, 2.24) is 20.6 Å². The van der Waals surface area contributed by atoms with Crippen LogP contribution in [0.1, 0.15) is 27.3 Å². The van der Waals surface area contributed by atoms with Crippen molar-refractivity contribution in [2.45, 2.75) is 20.4 Å². The summed E-state index contributed by atoms with van der Waals surface area (Å²) in [7, 11) is 0. The maximum Gasteiger partial charge on any atom is 0.259 e. The molecule has 0 aliphatic heterocycles. The minimum atomic E-state index is -0.255. The number of hydrogen-bond acceptors (Lipinski definition) is 6. The molecule has 0 unspecified atom stereocenters. The van der Waals surface area contributed by atoms with Crippen molar-refractivity contribution in [3.8, 4) is 11.3 Å². The van der Waals surface area contributed by atoms with E-state index in [2.05, 4.69) is 20.6 Å².